The molecule has 2 aromatic carbocycles. The van der Waals surface area contributed by atoms with Crippen LogP contribution in [0.25, 0.3) is 0 Å². The predicted molar refractivity (Wildman–Crippen MR) is 94.6 cm³/mol. The Hall–Kier alpha value is -3.67. The van der Waals surface area contributed by atoms with E-state index in [1.165, 1.54) is 12.5 Å². The van der Waals surface area contributed by atoms with Crippen LogP contribution in [0, 0.1) is 0 Å². The summed E-state index contributed by atoms with van der Waals surface area (Å²) in [5.41, 5.74) is 3.63. The molecule has 0 saturated carbocycles. The number of furan rings is 1. The summed E-state index contributed by atoms with van der Waals surface area (Å²) in [6.45, 7) is 0. The largest absolute Gasteiger partial charge is 0.463 e. The van der Waals surface area contributed by atoms with Crippen molar-refractivity contribution in [2.24, 2.45) is 5.10 Å². The molecule has 124 valence electrons. The molecule has 0 aliphatic heterocycles. The van der Waals surface area contributed by atoms with Gasteiger partial charge in [-0.1, -0.05) is 30.3 Å². The van der Waals surface area contributed by atoms with E-state index in [1.54, 1.807) is 60.7 Å². The first-order chi connectivity index (χ1) is 12.2. The van der Waals surface area contributed by atoms with Gasteiger partial charge in [0.25, 0.3) is 11.8 Å². The number of para-hydroxylation sites is 1. The minimum absolute atomic E-state index is 0.292. The Labute approximate surface area is 144 Å². The highest BCUT2D eigenvalue weighted by Gasteiger charge is 2.13. The molecule has 25 heavy (non-hydrogen) atoms. The topological polar surface area (TPSA) is 83.7 Å². The molecule has 0 unspecified atom stereocenters. The Morgan fingerprint density at radius 2 is 1.64 bits per heavy atom. The summed E-state index contributed by atoms with van der Waals surface area (Å²) >= 11 is 0. The summed E-state index contributed by atoms with van der Waals surface area (Å²) in [4.78, 5) is 24.6. The van der Waals surface area contributed by atoms with E-state index in [0.717, 1.165) is 0 Å². The monoisotopic (exact) mass is 333 g/mol. The van der Waals surface area contributed by atoms with Crippen LogP contribution in [-0.4, -0.2) is 18.0 Å². The molecule has 0 radical (unpaired) electrons. The number of carbonyl (C=O) groups excluding carboxylic acids is 2. The van der Waals surface area contributed by atoms with Crippen molar-refractivity contribution in [3.05, 3.63) is 89.9 Å². The SMILES string of the molecule is O=C(Nc1ccccc1C(=O)NN=Cc1ccco1)c1ccccc1. The maximum Gasteiger partial charge on any atom is 0.273 e. The van der Waals surface area contributed by atoms with Crippen molar-refractivity contribution >= 4 is 23.7 Å². The lowest BCUT2D eigenvalue weighted by atomic mass is 10.1. The summed E-state index contributed by atoms with van der Waals surface area (Å²) in [7, 11) is 0. The van der Waals surface area contributed by atoms with Gasteiger partial charge in [0.15, 0.2) is 0 Å². The van der Waals surface area contributed by atoms with Gasteiger partial charge in [-0.05, 0) is 36.4 Å². The van der Waals surface area contributed by atoms with Crippen molar-refractivity contribution in [1.29, 1.82) is 0 Å². The normalized spacial score (nSPS) is 10.6. The van der Waals surface area contributed by atoms with E-state index < -0.39 is 5.91 Å². The fourth-order valence-electron chi connectivity index (χ4n) is 2.15. The molecule has 0 fully saturated rings. The van der Waals surface area contributed by atoms with Gasteiger partial charge >= 0.3 is 0 Å². The van der Waals surface area contributed by atoms with Crippen molar-refractivity contribution in [2.75, 3.05) is 5.32 Å². The van der Waals surface area contributed by atoms with Gasteiger partial charge in [-0.15, -0.1) is 0 Å². The summed E-state index contributed by atoms with van der Waals surface area (Å²) < 4.78 is 5.09. The van der Waals surface area contributed by atoms with Gasteiger partial charge in [-0.2, -0.15) is 5.10 Å². The van der Waals surface area contributed by atoms with Crippen LogP contribution in [-0.2, 0) is 0 Å². The van der Waals surface area contributed by atoms with Crippen LogP contribution in [0.4, 0.5) is 5.69 Å². The number of nitrogens with zero attached hydrogens (tertiary/aromatic N) is 1. The zero-order chi connectivity index (χ0) is 17.5. The highest BCUT2D eigenvalue weighted by molar-refractivity contribution is 6.09. The molecule has 6 heteroatoms. The maximum atomic E-state index is 12.3. The van der Waals surface area contributed by atoms with Gasteiger partial charge in [0.2, 0.25) is 0 Å². The van der Waals surface area contributed by atoms with E-state index >= 15 is 0 Å². The fourth-order valence-corrected chi connectivity index (χ4v) is 2.15. The zero-order valence-electron chi connectivity index (χ0n) is 13.2. The fraction of sp³-hybridized carbons (Fsp3) is 0. The van der Waals surface area contributed by atoms with E-state index in [1.807, 2.05) is 6.07 Å². The van der Waals surface area contributed by atoms with Gasteiger partial charge in [-0.3, -0.25) is 9.59 Å². The molecular weight excluding hydrogens is 318 g/mol. The molecule has 0 bridgehead atoms. The average Bonchev–Trinajstić information content (AvgIpc) is 3.16. The number of anilines is 1. The number of amides is 2. The quantitative estimate of drug-likeness (QED) is 0.555. The molecule has 0 aliphatic rings. The van der Waals surface area contributed by atoms with E-state index in [9.17, 15) is 9.59 Å². The molecule has 0 atom stereocenters. The summed E-state index contributed by atoms with van der Waals surface area (Å²) in [6.07, 6.45) is 2.90. The van der Waals surface area contributed by atoms with Gasteiger partial charge < -0.3 is 9.73 Å². The van der Waals surface area contributed by atoms with Crippen LogP contribution in [0.15, 0.2) is 82.5 Å². The van der Waals surface area contributed by atoms with Gasteiger partial charge in [0.05, 0.1) is 23.7 Å². The molecule has 2 amide bonds. The molecule has 6 nitrogen and oxygen atoms in total. The van der Waals surface area contributed by atoms with Crippen molar-refractivity contribution in [1.82, 2.24) is 5.43 Å². The highest BCUT2D eigenvalue weighted by Crippen LogP contribution is 2.16. The number of hydrogen-bond donors (Lipinski definition) is 2. The zero-order valence-corrected chi connectivity index (χ0v) is 13.2. The van der Waals surface area contributed by atoms with E-state index in [2.05, 4.69) is 15.8 Å². The van der Waals surface area contributed by atoms with Crippen molar-refractivity contribution in [2.45, 2.75) is 0 Å². The second-order valence-corrected chi connectivity index (χ2v) is 5.08. The lowest BCUT2D eigenvalue weighted by molar-refractivity contribution is 0.0956. The third kappa shape index (κ3) is 4.20. The first kappa shape index (κ1) is 16.2. The molecule has 3 rings (SSSR count). The molecule has 0 aliphatic carbocycles. The van der Waals surface area contributed by atoms with Crippen LogP contribution in [0.5, 0.6) is 0 Å². The van der Waals surface area contributed by atoms with Gasteiger partial charge in [0.1, 0.15) is 5.76 Å². The number of hydrazone groups is 1. The number of carbonyl (C=O) groups is 2. The van der Waals surface area contributed by atoms with E-state index in [4.69, 9.17) is 4.42 Å². The molecule has 2 N–H and O–H groups in total. The number of hydrogen-bond acceptors (Lipinski definition) is 4. The van der Waals surface area contributed by atoms with Crippen LogP contribution >= 0.6 is 0 Å². The Bertz CT molecular complexity index is 887. The molecule has 0 saturated heterocycles. The minimum Gasteiger partial charge on any atom is -0.463 e. The van der Waals surface area contributed by atoms with Crippen LogP contribution in [0.1, 0.15) is 26.5 Å². The Kier molecular flexibility index (Phi) is 5.01. The Balaban J connectivity index is 1.72. The number of benzene rings is 2. The molecule has 3 aromatic rings. The second kappa shape index (κ2) is 7.74. The first-order valence-corrected chi connectivity index (χ1v) is 7.56. The van der Waals surface area contributed by atoms with Crippen molar-refractivity contribution in [3.8, 4) is 0 Å². The third-order valence-corrected chi connectivity index (χ3v) is 3.36. The lowest BCUT2D eigenvalue weighted by Crippen LogP contribution is -2.21. The lowest BCUT2D eigenvalue weighted by Gasteiger charge is -2.09. The standard InChI is InChI=1S/C19H15N3O3/c23-18(14-7-2-1-3-8-14)21-17-11-5-4-10-16(17)19(24)22-20-13-15-9-6-12-25-15/h1-13H,(H,21,23)(H,22,24). The van der Waals surface area contributed by atoms with Crippen LogP contribution in [0.2, 0.25) is 0 Å². The predicted octanol–water partition coefficient (Wildman–Crippen LogP) is 3.30. The first-order valence-electron chi connectivity index (χ1n) is 7.56. The average molecular weight is 333 g/mol. The number of nitrogens with one attached hydrogen (secondary N) is 2. The minimum atomic E-state index is -0.438. The molecule has 1 aromatic heterocycles. The highest BCUT2D eigenvalue weighted by atomic mass is 16.3. The van der Waals surface area contributed by atoms with Crippen LogP contribution < -0.4 is 10.7 Å². The summed E-state index contributed by atoms with van der Waals surface area (Å²) in [5, 5.41) is 6.58. The number of rotatable bonds is 5. The summed E-state index contributed by atoms with van der Waals surface area (Å²) in [6, 6.07) is 18.9. The Morgan fingerprint density at radius 3 is 2.40 bits per heavy atom. The maximum absolute atomic E-state index is 12.3. The summed E-state index contributed by atoms with van der Waals surface area (Å²) in [5.74, 6) is -0.210. The third-order valence-electron chi connectivity index (χ3n) is 3.36. The molecule has 0 spiro atoms. The van der Waals surface area contributed by atoms with Gasteiger partial charge in [0, 0.05) is 5.56 Å². The van der Waals surface area contributed by atoms with Crippen LogP contribution in [0.3, 0.4) is 0 Å². The van der Waals surface area contributed by atoms with Crippen molar-refractivity contribution < 1.29 is 14.0 Å². The molecule has 1 heterocycles. The second-order valence-electron chi connectivity index (χ2n) is 5.08. The smallest absolute Gasteiger partial charge is 0.273 e. The van der Waals surface area contributed by atoms with E-state index in [-0.39, 0.29) is 5.91 Å². The van der Waals surface area contributed by atoms with E-state index in [0.29, 0.717) is 22.6 Å². The molecular formula is C19H15N3O3. The van der Waals surface area contributed by atoms with Crippen molar-refractivity contribution in [3.63, 3.8) is 0 Å². The Morgan fingerprint density at radius 1 is 0.880 bits per heavy atom. The van der Waals surface area contributed by atoms with Gasteiger partial charge in [-0.25, -0.2) is 5.43 Å².